The van der Waals surface area contributed by atoms with E-state index in [-0.39, 0.29) is 5.38 Å². The molecule has 21 heavy (non-hydrogen) atoms. The number of rotatable bonds is 5. The first kappa shape index (κ1) is 16.0. The monoisotopic (exact) mass is 308 g/mol. The molecule has 0 nitrogen and oxygen atoms in total. The van der Waals surface area contributed by atoms with Gasteiger partial charge in [-0.3, -0.25) is 0 Å². The summed E-state index contributed by atoms with van der Waals surface area (Å²) in [6.45, 7) is 4.25. The van der Waals surface area contributed by atoms with E-state index in [1.54, 1.807) is 6.07 Å². The average molecular weight is 309 g/mol. The molecule has 0 saturated heterocycles. The highest BCUT2D eigenvalue weighted by Gasteiger charge is 2.12. The summed E-state index contributed by atoms with van der Waals surface area (Å²) in [7, 11) is 0. The summed E-state index contributed by atoms with van der Waals surface area (Å²) in [6, 6.07) is 10.2. The van der Waals surface area contributed by atoms with Crippen LogP contribution in [0.25, 0.3) is 0 Å². The van der Waals surface area contributed by atoms with Crippen LogP contribution in [0.1, 0.15) is 41.5 Å². The van der Waals surface area contributed by atoms with Crippen LogP contribution >= 0.6 is 11.6 Å². The van der Waals surface area contributed by atoms with Crippen LogP contribution < -0.4 is 0 Å². The number of benzene rings is 2. The lowest BCUT2D eigenvalue weighted by Gasteiger charge is -2.14. The minimum atomic E-state index is -0.828. The van der Waals surface area contributed by atoms with Gasteiger partial charge >= 0.3 is 0 Å². The molecule has 0 aliphatic heterocycles. The Bertz CT molecular complexity index is 623. The average Bonchev–Trinajstić information content (AvgIpc) is 2.50. The smallest absolute Gasteiger partial charge is 0.159 e. The molecule has 0 aromatic heterocycles. The molecule has 0 spiro atoms. The molecule has 112 valence electrons. The summed E-state index contributed by atoms with van der Waals surface area (Å²) in [5.41, 5.74) is 4.35. The van der Waals surface area contributed by atoms with Crippen LogP contribution in [0.15, 0.2) is 36.4 Å². The summed E-state index contributed by atoms with van der Waals surface area (Å²) in [6.07, 6.45) is 2.44. The van der Waals surface area contributed by atoms with E-state index in [0.29, 0.717) is 12.0 Å². The molecule has 1 atom stereocenters. The van der Waals surface area contributed by atoms with Crippen molar-refractivity contribution >= 4 is 11.6 Å². The predicted molar refractivity (Wildman–Crippen MR) is 83.9 cm³/mol. The van der Waals surface area contributed by atoms with Crippen LogP contribution in [-0.4, -0.2) is 0 Å². The molecule has 0 aliphatic rings. The summed E-state index contributed by atoms with van der Waals surface area (Å²) < 4.78 is 26.2. The summed E-state index contributed by atoms with van der Waals surface area (Å²) in [5, 5.41) is -0.244. The van der Waals surface area contributed by atoms with Gasteiger partial charge in [0.25, 0.3) is 0 Å². The standard InChI is InChI=1S/C18H19ClF2/c1-3-13-6-7-15(11-14(13)4-2)16(19)9-12-5-8-17(20)18(21)10-12/h5-8,10-11,16H,3-4,9H2,1-2H3. The Morgan fingerprint density at radius 2 is 1.62 bits per heavy atom. The van der Waals surface area contributed by atoms with Crippen molar-refractivity contribution < 1.29 is 8.78 Å². The second kappa shape index (κ2) is 7.04. The number of alkyl halides is 1. The number of hydrogen-bond donors (Lipinski definition) is 0. The topological polar surface area (TPSA) is 0 Å². The largest absolute Gasteiger partial charge is 0.204 e. The molecule has 2 aromatic rings. The van der Waals surface area contributed by atoms with Gasteiger partial charge in [0.1, 0.15) is 0 Å². The maximum absolute atomic E-state index is 13.2. The number of halogens is 3. The maximum Gasteiger partial charge on any atom is 0.159 e. The molecular weight excluding hydrogens is 290 g/mol. The molecule has 2 rings (SSSR count). The van der Waals surface area contributed by atoms with Gasteiger partial charge in [-0.15, -0.1) is 11.6 Å². The van der Waals surface area contributed by atoms with E-state index in [1.165, 1.54) is 17.2 Å². The van der Waals surface area contributed by atoms with Crippen molar-refractivity contribution in [1.82, 2.24) is 0 Å². The van der Waals surface area contributed by atoms with Gasteiger partial charge in [-0.1, -0.05) is 38.1 Å². The van der Waals surface area contributed by atoms with Crippen LogP contribution in [0.2, 0.25) is 0 Å². The van der Waals surface area contributed by atoms with Crippen molar-refractivity contribution in [3.8, 4) is 0 Å². The fourth-order valence-corrected chi connectivity index (χ4v) is 2.82. The summed E-state index contributed by atoms with van der Waals surface area (Å²) >= 11 is 6.44. The lowest BCUT2D eigenvalue weighted by molar-refractivity contribution is 0.507. The first-order chi connectivity index (χ1) is 10.0. The van der Waals surface area contributed by atoms with E-state index in [9.17, 15) is 8.78 Å². The summed E-state index contributed by atoms with van der Waals surface area (Å²) in [4.78, 5) is 0. The van der Waals surface area contributed by atoms with Gasteiger partial charge in [-0.2, -0.15) is 0 Å². The molecule has 1 unspecified atom stereocenters. The molecule has 0 heterocycles. The minimum absolute atomic E-state index is 0.244. The lowest BCUT2D eigenvalue weighted by Crippen LogP contribution is -2.00. The third-order valence-electron chi connectivity index (χ3n) is 3.75. The van der Waals surface area contributed by atoms with Gasteiger partial charge < -0.3 is 0 Å². The Kier molecular flexibility index (Phi) is 5.35. The SMILES string of the molecule is CCc1ccc(C(Cl)Cc2ccc(F)c(F)c2)cc1CC. The molecular formula is C18H19ClF2. The highest BCUT2D eigenvalue weighted by Crippen LogP contribution is 2.28. The van der Waals surface area contributed by atoms with E-state index < -0.39 is 11.6 Å². The van der Waals surface area contributed by atoms with Gasteiger partial charge in [0, 0.05) is 0 Å². The molecule has 0 N–H and O–H groups in total. The van der Waals surface area contributed by atoms with Crippen molar-refractivity contribution in [3.63, 3.8) is 0 Å². The molecule has 0 radical (unpaired) electrons. The van der Waals surface area contributed by atoms with Crippen molar-refractivity contribution in [3.05, 3.63) is 70.3 Å². The van der Waals surface area contributed by atoms with E-state index in [1.807, 2.05) is 6.07 Å². The highest BCUT2D eigenvalue weighted by atomic mass is 35.5. The molecule has 3 heteroatoms. The molecule has 0 amide bonds. The van der Waals surface area contributed by atoms with Crippen LogP contribution in [-0.2, 0) is 19.3 Å². The van der Waals surface area contributed by atoms with Crippen LogP contribution in [0.4, 0.5) is 8.78 Å². The van der Waals surface area contributed by atoms with E-state index >= 15 is 0 Å². The van der Waals surface area contributed by atoms with Crippen molar-refractivity contribution in [2.45, 2.75) is 38.5 Å². The third kappa shape index (κ3) is 3.82. The van der Waals surface area contributed by atoms with Gasteiger partial charge in [0.15, 0.2) is 11.6 Å². The predicted octanol–water partition coefficient (Wildman–Crippen LogP) is 5.61. The van der Waals surface area contributed by atoms with Gasteiger partial charge in [-0.05, 0) is 53.6 Å². The van der Waals surface area contributed by atoms with E-state index in [2.05, 4.69) is 26.0 Å². The molecule has 0 aliphatic carbocycles. The first-order valence-electron chi connectivity index (χ1n) is 7.24. The van der Waals surface area contributed by atoms with Gasteiger partial charge in [0.2, 0.25) is 0 Å². The van der Waals surface area contributed by atoms with Crippen LogP contribution in [0.3, 0.4) is 0 Å². The lowest BCUT2D eigenvalue weighted by atomic mass is 9.96. The molecule has 0 saturated carbocycles. The fraction of sp³-hybridized carbons (Fsp3) is 0.333. The molecule has 2 aromatic carbocycles. The third-order valence-corrected chi connectivity index (χ3v) is 4.16. The Balaban J connectivity index is 2.19. The highest BCUT2D eigenvalue weighted by molar-refractivity contribution is 6.20. The van der Waals surface area contributed by atoms with Crippen molar-refractivity contribution in [2.24, 2.45) is 0 Å². The Hall–Kier alpha value is -1.41. The van der Waals surface area contributed by atoms with Gasteiger partial charge in [0.05, 0.1) is 5.38 Å². The second-order valence-electron chi connectivity index (χ2n) is 5.16. The zero-order valence-electron chi connectivity index (χ0n) is 12.3. The molecule has 0 bridgehead atoms. The first-order valence-corrected chi connectivity index (χ1v) is 7.68. The Morgan fingerprint density at radius 1 is 0.905 bits per heavy atom. The summed E-state index contributed by atoms with van der Waals surface area (Å²) in [5.74, 6) is -1.66. The molecule has 0 fully saturated rings. The van der Waals surface area contributed by atoms with Crippen molar-refractivity contribution in [2.75, 3.05) is 0 Å². The zero-order chi connectivity index (χ0) is 15.4. The zero-order valence-corrected chi connectivity index (χ0v) is 13.1. The normalized spacial score (nSPS) is 12.4. The maximum atomic E-state index is 13.2. The van der Waals surface area contributed by atoms with Crippen LogP contribution in [0, 0.1) is 11.6 Å². The second-order valence-corrected chi connectivity index (χ2v) is 5.68. The van der Waals surface area contributed by atoms with E-state index in [4.69, 9.17) is 11.6 Å². The van der Waals surface area contributed by atoms with Gasteiger partial charge in [-0.25, -0.2) is 8.78 Å². The fourth-order valence-electron chi connectivity index (χ4n) is 2.51. The minimum Gasteiger partial charge on any atom is -0.204 e. The Morgan fingerprint density at radius 3 is 2.24 bits per heavy atom. The van der Waals surface area contributed by atoms with Crippen molar-refractivity contribution in [1.29, 1.82) is 0 Å². The van der Waals surface area contributed by atoms with E-state index in [0.717, 1.165) is 24.5 Å². The Labute approximate surface area is 129 Å². The number of hydrogen-bond acceptors (Lipinski definition) is 0. The number of aryl methyl sites for hydroxylation is 2. The van der Waals surface area contributed by atoms with Crippen LogP contribution in [0.5, 0.6) is 0 Å². The quantitative estimate of drug-likeness (QED) is 0.630.